The third-order valence-electron chi connectivity index (χ3n) is 3.21. The molecule has 3 rings (SSSR count). The lowest BCUT2D eigenvalue weighted by molar-refractivity contribution is -0.384. The number of thioether (sulfide) groups is 1. The minimum Gasteiger partial charge on any atom is -0.497 e. The maximum Gasteiger partial charge on any atom is 0.290 e. The molecular weight excluding hydrogens is 336 g/mol. The fourth-order valence-corrected chi connectivity index (χ4v) is 2.79. The lowest BCUT2D eigenvalue weighted by Crippen LogP contribution is -2.17. The van der Waals surface area contributed by atoms with Crippen molar-refractivity contribution in [1.82, 2.24) is 5.32 Å². The van der Waals surface area contributed by atoms with Crippen molar-refractivity contribution >= 4 is 34.7 Å². The summed E-state index contributed by atoms with van der Waals surface area (Å²) in [4.78, 5) is 33.5. The van der Waals surface area contributed by atoms with Gasteiger partial charge in [-0.1, -0.05) is 0 Å². The number of nitrogens with one attached hydrogen (secondary N) is 1. The zero-order chi connectivity index (χ0) is 17.3. The van der Waals surface area contributed by atoms with Gasteiger partial charge in [-0.05, 0) is 36.0 Å². The van der Waals surface area contributed by atoms with Gasteiger partial charge in [0.15, 0.2) is 0 Å². The van der Waals surface area contributed by atoms with E-state index in [4.69, 9.17) is 9.15 Å². The van der Waals surface area contributed by atoms with Gasteiger partial charge in [-0.15, -0.1) is 0 Å². The van der Waals surface area contributed by atoms with Crippen LogP contribution in [0.3, 0.4) is 0 Å². The second-order valence-electron chi connectivity index (χ2n) is 4.69. The molecule has 0 aliphatic carbocycles. The van der Waals surface area contributed by atoms with Gasteiger partial charge in [0, 0.05) is 6.08 Å². The highest BCUT2D eigenvalue weighted by atomic mass is 32.2. The number of rotatable bonds is 4. The smallest absolute Gasteiger partial charge is 0.290 e. The molecule has 122 valence electrons. The number of hydrogen-bond donors (Lipinski definition) is 1. The maximum atomic E-state index is 11.5. The van der Waals surface area contributed by atoms with Crippen LogP contribution >= 0.6 is 11.8 Å². The summed E-state index contributed by atoms with van der Waals surface area (Å²) in [6, 6.07) is 7.53. The lowest BCUT2D eigenvalue weighted by atomic mass is 10.1. The molecular formula is C15H10N2O6S. The first kappa shape index (κ1) is 15.8. The Hall–Kier alpha value is -3.07. The van der Waals surface area contributed by atoms with E-state index in [1.165, 1.54) is 25.3 Å². The zero-order valence-corrected chi connectivity index (χ0v) is 13.1. The van der Waals surface area contributed by atoms with Crippen LogP contribution in [0, 0.1) is 10.1 Å². The van der Waals surface area contributed by atoms with Gasteiger partial charge in [0.2, 0.25) is 0 Å². The standard InChI is InChI=1S/C15H10N2O6S/c1-22-8-2-4-10(11(6-8)17(20)21)12-5-3-9(23-12)7-13-14(18)16-15(19)24-13/h2-7H,1H3,(H,16,18,19)/b13-7-. The molecule has 0 radical (unpaired) electrons. The molecule has 0 unspecified atom stereocenters. The molecule has 1 fully saturated rings. The van der Waals surface area contributed by atoms with Crippen LogP contribution in [-0.2, 0) is 4.79 Å². The summed E-state index contributed by atoms with van der Waals surface area (Å²) in [5.74, 6) is 0.434. The molecule has 1 aromatic carbocycles. The maximum absolute atomic E-state index is 11.5. The number of carbonyl (C=O) groups excluding carboxylic acids is 2. The van der Waals surface area contributed by atoms with Crippen LogP contribution in [0.15, 0.2) is 39.7 Å². The van der Waals surface area contributed by atoms with Gasteiger partial charge >= 0.3 is 0 Å². The summed E-state index contributed by atoms with van der Waals surface area (Å²) < 4.78 is 10.5. The molecule has 24 heavy (non-hydrogen) atoms. The predicted molar refractivity (Wildman–Crippen MR) is 86.5 cm³/mol. The van der Waals surface area contributed by atoms with Gasteiger partial charge in [-0.2, -0.15) is 0 Å². The Labute approximate surface area is 139 Å². The monoisotopic (exact) mass is 346 g/mol. The van der Waals surface area contributed by atoms with Crippen LogP contribution in [0.2, 0.25) is 0 Å². The van der Waals surface area contributed by atoms with Crippen LogP contribution < -0.4 is 10.1 Å². The van der Waals surface area contributed by atoms with E-state index < -0.39 is 16.1 Å². The topological polar surface area (TPSA) is 112 Å². The Morgan fingerprint density at radius 1 is 1.29 bits per heavy atom. The Bertz CT molecular complexity index is 886. The number of carbonyl (C=O) groups is 2. The van der Waals surface area contributed by atoms with Crippen molar-refractivity contribution in [2.75, 3.05) is 7.11 Å². The van der Waals surface area contributed by atoms with E-state index in [1.54, 1.807) is 18.2 Å². The molecule has 1 aliphatic rings. The van der Waals surface area contributed by atoms with Crippen molar-refractivity contribution in [3.8, 4) is 17.1 Å². The van der Waals surface area contributed by atoms with E-state index in [0.717, 1.165) is 11.8 Å². The number of nitro groups is 1. The van der Waals surface area contributed by atoms with Gasteiger partial charge in [-0.25, -0.2) is 0 Å². The van der Waals surface area contributed by atoms with E-state index in [9.17, 15) is 19.7 Å². The number of imide groups is 1. The second-order valence-corrected chi connectivity index (χ2v) is 5.71. The van der Waals surface area contributed by atoms with Crippen LogP contribution in [0.5, 0.6) is 5.75 Å². The van der Waals surface area contributed by atoms with Crippen molar-refractivity contribution in [2.45, 2.75) is 0 Å². The molecule has 1 aromatic heterocycles. The van der Waals surface area contributed by atoms with E-state index in [1.807, 2.05) is 0 Å². The van der Waals surface area contributed by atoms with Crippen LogP contribution in [0.4, 0.5) is 10.5 Å². The van der Waals surface area contributed by atoms with Crippen molar-refractivity contribution in [1.29, 1.82) is 0 Å². The molecule has 8 nitrogen and oxygen atoms in total. The minimum atomic E-state index is -0.530. The number of benzene rings is 1. The number of nitro benzene ring substituents is 1. The summed E-state index contributed by atoms with van der Waals surface area (Å²) in [5.41, 5.74) is 0.121. The first-order valence-electron chi connectivity index (χ1n) is 6.65. The molecule has 0 atom stereocenters. The Balaban J connectivity index is 1.97. The van der Waals surface area contributed by atoms with Crippen LogP contribution in [-0.4, -0.2) is 23.2 Å². The average Bonchev–Trinajstić information content (AvgIpc) is 3.13. The third kappa shape index (κ3) is 3.01. The van der Waals surface area contributed by atoms with Gasteiger partial charge in [-0.3, -0.25) is 25.0 Å². The van der Waals surface area contributed by atoms with Gasteiger partial charge in [0.1, 0.15) is 17.3 Å². The number of methoxy groups -OCH3 is 1. The largest absolute Gasteiger partial charge is 0.497 e. The predicted octanol–water partition coefficient (Wildman–Crippen LogP) is 3.19. The Kier molecular flexibility index (Phi) is 4.09. The fourth-order valence-electron chi connectivity index (χ4n) is 2.12. The first-order chi connectivity index (χ1) is 11.5. The first-order valence-corrected chi connectivity index (χ1v) is 7.47. The molecule has 1 aliphatic heterocycles. The zero-order valence-electron chi connectivity index (χ0n) is 12.3. The number of amides is 2. The van der Waals surface area contributed by atoms with E-state index in [2.05, 4.69) is 5.32 Å². The molecule has 1 saturated heterocycles. The molecule has 1 N–H and O–H groups in total. The highest BCUT2D eigenvalue weighted by molar-refractivity contribution is 8.18. The van der Waals surface area contributed by atoms with E-state index >= 15 is 0 Å². The quantitative estimate of drug-likeness (QED) is 0.514. The van der Waals surface area contributed by atoms with Gasteiger partial charge < -0.3 is 9.15 Å². The van der Waals surface area contributed by atoms with Crippen LogP contribution in [0.25, 0.3) is 17.4 Å². The highest BCUT2D eigenvalue weighted by Crippen LogP contribution is 2.35. The lowest BCUT2D eigenvalue weighted by Gasteiger charge is -2.03. The number of ether oxygens (including phenoxy) is 1. The van der Waals surface area contributed by atoms with E-state index in [-0.39, 0.29) is 21.9 Å². The summed E-state index contributed by atoms with van der Waals surface area (Å²) in [5, 5.41) is 12.9. The third-order valence-corrected chi connectivity index (χ3v) is 4.02. The Morgan fingerprint density at radius 2 is 2.08 bits per heavy atom. The van der Waals surface area contributed by atoms with Crippen molar-refractivity contribution in [3.63, 3.8) is 0 Å². The van der Waals surface area contributed by atoms with Crippen LogP contribution in [0.1, 0.15) is 5.76 Å². The molecule has 0 bridgehead atoms. The molecule has 9 heteroatoms. The van der Waals surface area contributed by atoms with Gasteiger partial charge in [0.05, 0.1) is 28.6 Å². The summed E-state index contributed by atoms with van der Waals surface area (Å²) >= 11 is 0.763. The second kappa shape index (κ2) is 6.20. The number of nitrogens with zero attached hydrogens (tertiary/aromatic N) is 1. The normalized spacial score (nSPS) is 15.6. The molecule has 2 heterocycles. The fraction of sp³-hybridized carbons (Fsp3) is 0.0667. The number of hydrogen-bond acceptors (Lipinski definition) is 7. The average molecular weight is 346 g/mol. The SMILES string of the molecule is COc1ccc(-c2ccc(/C=C3\SC(=O)NC3=O)o2)c([N+](=O)[O-])c1. The molecule has 2 amide bonds. The number of furan rings is 1. The van der Waals surface area contributed by atoms with Crippen molar-refractivity contribution < 1.29 is 23.7 Å². The summed E-state index contributed by atoms with van der Waals surface area (Å²) in [6.07, 6.45) is 1.41. The van der Waals surface area contributed by atoms with Gasteiger partial charge in [0.25, 0.3) is 16.8 Å². The summed E-state index contributed by atoms with van der Waals surface area (Å²) in [6.45, 7) is 0. The highest BCUT2D eigenvalue weighted by Gasteiger charge is 2.26. The molecule has 2 aromatic rings. The molecule has 0 spiro atoms. The van der Waals surface area contributed by atoms with Crippen molar-refractivity contribution in [3.05, 3.63) is 51.1 Å². The molecule has 0 saturated carbocycles. The summed E-state index contributed by atoms with van der Waals surface area (Å²) in [7, 11) is 1.42. The Morgan fingerprint density at radius 3 is 2.71 bits per heavy atom. The van der Waals surface area contributed by atoms with E-state index in [0.29, 0.717) is 11.5 Å². The van der Waals surface area contributed by atoms with Crippen molar-refractivity contribution in [2.24, 2.45) is 0 Å². The minimum absolute atomic E-state index is 0.161.